The quantitative estimate of drug-likeness (QED) is 0.730. The van der Waals surface area contributed by atoms with E-state index in [2.05, 4.69) is 20.9 Å². The van der Waals surface area contributed by atoms with E-state index in [1.165, 1.54) is 10.6 Å². The number of aromatic nitrogens is 2. The molecule has 0 fully saturated rings. The number of fused-ring (bicyclic) bond motifs is 1. The lowest BCUT2D eigenvalue weighted by Gasteiger charge is -2.14. The van der Waals surface area contributed by atoms with Gasteiger partial charge >= 0.3 is 5.97 Å². The highest BCUT2D eigenvalue weighted by Gasteiger charge is 2.17. The molecule has 1 N–H and O–H groups in total. The summed E-state index contributed by atoms with van der Waals surface area (Å²) in [5.74, 6) is -0.631. The molecular formula is C16H11BrN2O3. The maximum atomic E-state index is 12.8. The van der Waals surface area contributed by atoms with Gasteiger partial charge in [0.1, 0.15) is 5.82 Å². The van der Waals surface area contributed by atoms with Crippen LogP contribution < -0.4 is 5.56 Å². The number of carbonyl (C=O) groups is 1. The Bertz CT molecular complexity index is 934. The number of rotatable bonds is 3. The minimum absolute atomic E-state index is 0.0591. The van der Waals surface area contributed by atoms with Gasteiger partial charge in [-0.2, -0.15) is 0 Å². The topological polar surface area (TPSA) is 72.2 Å². The third-order valence-corrected chi connectivity index (χ3v) is 3.84. The van der Waals surface area contributed by atoms with Crippen molar-refractivity contribution >= 4 is 32.8 Å². The van der Waals surface area contributed by atoms with E-state index in [0.717, 1.165) is 0 Å². The fourth-order valence-corrected chi connectivity index (χ4v) is 2.74. The second kappa shape index (κ2) is 5.73. The maximum absolute atomic E-state index is 12.8. The number of benzene rings is 2. The summed E-state index contributed by atoms with van der Waals surface area (Å²) in [7, 11) is 0. The van der Waals surface area contributed by atoms with Crippen molar-refractivity contribution < 1.29 is 9.90 Å². The molecule has 0 amide bonds. The molecule has 5 nitrogen and oxygen atoms in total. The van der Waals surface area contributed by atoms with Crippen LogP contribution in [0.3, 0.4) is 0 Å². The summed E-state index contributed by atoms with van der Waals surface area (Å²) in [6, 6.07) is 13.4. The smallest absolute Gasteiger partial charge is 0.337 e. The first kappa shape index (κ1) is 14.5. The van der Waals surface area contributed by atoms with Crippen LogP contribution in [0.1, 0.15) is 16.2 Å². The number of halogens is 1. The van der Waals surface area contributed by atoms with E-state index in [9.17, 15) is 14.7 Å². The molecule has 1 heterocycles. The first-order chi connectivity index (χ1) is 10.6. The zero-order valence-corrected chi connectivity index (χ0v) is 12.9. The van der Waals surface area contributed by atoms with Gasteiger partial charge in [0.05, 0.1) is 27.5 Å². The van der Waals surface area contributed by atoms with Crippen molar-refractivity contribution in [1.82, 2.24) is 9.55 Å². The summed E-state index contributed by atoms with van der Waals surface area (Å²) in [4.78, 5) is 28.7. The van der Waals surface area contributed by atoms with Crippen molar-refractivity contribution in [3.05, 3.63) is 70.3 Å². The van der Waals surface area contributed by atoms with Crippen molar-refractivity contribution in [2.45, 2.75) is 5.33 Å². The Kier molecular flexibility index (Phi) is 3.77. The Morgan fingerprint density at radius 3 is 2.55 bits per heavy atom. The van der Waals surface area contributed by atoms with Gasteiger partial charge in [0.25, 0.3) is 5.56 Å². The molecule has 22 heavy (non-hydrogen) atoms. The summed E-state index contributed by atoms with van der Waals surface area (Å²) in [6.45, 7) is 0. The van der Waals surface area contributed by atoms with E-state index in [1.54, 1.807) is 36.4 Å². The predicted octanol–water partition coefficient (Wildman–Crippen LogP) is 2.98. The van der Waals surface area contributed by atoms with Gasteiger partial charge in [-0.05, 0) is 24.3 Å². The van der Waals surface area contributed by atoms with Gasteiger partial charge in [0, 0.05) is 0 Å². The van der Waals surface area contributed by atoms with Crippen LogP contribution in [0.2, 0.25) is 0 Å². The lowest BCUT2D eigenvalue weighted by Crippen LogP contribution is -2.25. The number of nitrogens with zero attached hydrogens (tertiary/aromatic N) is 2. The molecule has 3 rings (SSSR count). The van der Waals surface area contributed by atoms with Crippen LogP contribution in [-0.4, -0.2) is 20.6 Å². The largest absolute Gasteiger partial charge is 0.478 e. The monoisotopic (exact) mass is 358 g/mol. The summed E-state index contributed by atoms with van der Waals surface area (Å²) in [6.07, 6.45) is 0. The molecule has 2 aromatic carbocycles. The SMILES string of the molecule is O=C(O)c1ccccc1-n1c(CBr)nc2ccccc2c1=O. The first-order valence-corrected chi connectivity index (χ1v) is 7.65. The molecule has 0 atom stereocenters. The molecule has 0 bridgehead atoms. The Morgan fingerprint density at radius 1 is 1.14 bits per heavy atom. The number of hydrogen-bond donors (Lipinski definition) is 1. The summed E-state index contributed by atoms with van der Waals surface area (Å²) in [5, 5.41) is 10.1. The van der Waals surface area contributed by atoms with Gasteiger partial charge in [0.2, 0.25) is 0 Å². The molecule has 0 aliphatic heterocycles. The van der Waals surface area contributed by atoms with Crippen molar-refractivity contribution in [1.29, 1.82) is 0 Å². The summed E-state index contributed by atoms with van der Waals surface area (Å²) in [5.41, 5.74) is 0.677. The van der Waals surface area contributed by atoms with Crippen molar-refractivity contribution in [3.8, 4) is 5.69 Å². The molecule has 3 aromatic rings. The second-order valence-electron chi connectivity index (χ2n) is 4.64. The van der Waals surface area contributed by atoms with E-state index in [1.807, 2.05) is 6.07 Å². The molecule has 0 radical (unpaired) electrons. The molecule has 0 spiro atoms. The van der Waals surface area contributed by atoms with Crippen molar-refractivity contribution in [2.75, 3.05) is 0 Å². The van der Waals surface area contributed by atoms with E-state index >= 15 is 0 Å². The number of carboxylic acids is 1. The Hall–Kier alpha value is -2.47. The predicted molar refractivity (Wildman–Crippen MR) is 86.9 cm³/mol. The van der Waals surface area contributed by atoms with E-state index < -0.39 is 5.97 Å². The average molecular weight is 359 g/mol. The minimum Gasteiger partial charge on any atom is -0.478 e. The van der Waals surface area contributed by atoms with Crippen LogP contribution in [0, 0.1) is 0 Å². The molecule has 0 saturated carbocycles. The average Bonchev–Trinajstić information content (AvgIpc) is 2.54. The molecule has 1 aromatic heterocycles. The van der Waals surface area contributed by atoms with Crippen molar-refractivity contribution in [3.63, 3.8) is 0 Å². The standard InChI is InChI=1S/C16H11BrN2O3/c17-9-14-18-12-7-3-1-5-10(12)15(20)19(14)13-8-4-2-6-11(13)16(21)22/h1-8H,9H2,(H,21,22). The zero-order chi connectivity index (χ0) is 15.7. The third kappa shape index (κ3) is 2.31. The van der Waals surface area contributed by atoms with Crippen LogP contribution in [0.5, 0.6) is 0 Å². The molecule has 110 valence electrons. The Morgan fingerprint density at radius 2 is 1.82 bits per heavy atom. The molecular weight excluding hydrogens is 348 g/mol. The molecule has 0 aliphatic carbocycles. The highest BCUT2D eigenvalue weighted by molar-refractivity contribution is 9.08. The fourth-order valence-electron chi connectivity index (χ4n) is 2.37. The van der Waals surface area contributed by atoms with Gasteiger partial charge in [-0.3, -0.25) is 9.36 Å². The molecule has 0 unspecified atom stereocenters. The van der Waals surface area contributed by atoms with Crippen LogP contribution in [0.25, 0.3) is 16.6 Å². The third-order valence-electron chi connectivity index (χ3n) is 3.34. The van der Waals surface area contributed by atoms with E-state index in [0.29, 0.717) is 27.7 Å². The fraction of sp³-hybridized carbons (Fsp3) is 0.0625. The number of para-hydroxylation sites is 2. The first-order valence-electron chi connectivity index (χ1n) is 6.53. The van der Waals surface area contributed by atoms with Crippen molar-refractivity contribution in [2.24, 2.45) is 0 Å². The number of hydrogen-bond acceptors (Lipinski definition) is 3. The van der Waals surface area contributed by atoms with Crippen LogP contribution in [0.15, 0.2) is 53.3 Å². The normalized spacial score (nSPS) is 10.8. The Labute approximate surface area is 134 Å². The number of alkyl halides is 1. The maximum Gasteiger partial charge on any atom is 0.337 e. The number of aromatic carboxylic acids is 1. The van der Waals surface area contributed by atoms with Crippen LogP contribution in [-0.2, 0) is 5.33 Å². The van der Waals surface area contributed by atoms with Gasteiger partial charge in [-0.15, -0.1) is 0 Å². The van der Waals surface area contributed by atoms with E-state index in [4.69, 9.17) is 0 Å². The van der Waals surface area contributed by atoms with Gasteiger partial charge in [0.15, 0.2) is 0 Å². The Balaban J connectivity index is 2.43. The molecule has 6 heteroatoms. The lowest BCUT2D eigenvalue weighted by atomic mass is 10.1. The molecule has 0 aliphatic rings. The van der Waals surface area contributed by atoms with Gasteiger partial charge < -0.3 is 5.11 Å². The highest BCUT2D eigenvalue weighted by Crippen LogP contribution is 2.18. The van der Waals surface area contributed by atoms with Gasteiger partial charge in [-0.25, -0.2) is 9.78 Å². The zero-order valence-electron chi connectivity index (χ0n) is 11.4. The van der Waals surface area contributed by atoms with Crippen LogP contribution in [0.4, 0.5) is 0 Å². The second-order valence-corrected chi connectivity index (χ2v) is 5.20. The molecule has 0 saturated heterocycles. The highest BCUT2D eigenvalue weighted by atomic mass is 79.9. The van der Waals surface area contributed by atoms with Gasteiger partial charge in [-0.1, -0.05) is 40.2 Å². The number of carboxylic acid groups (broad SMARTS) is 1. The van der Waals surface area contributed by atoms with E-state index in [-0.39, 0.29) is 11.1 Å². The minimum atomic E-state index is -1.09. The summed E-state index contributed by atoms with van der Waals surface area (Å²) >= 11 is 3.32. The summed E-state index contributed by atoms with van der Waals surface area (Å²) < 4.78 is 1.35. The lowest BCUT2D eigenvalue weighted by molar-refractivity contribution is 0.0697. The van der Waals surface area contributed by atoms with Crippen LogP contribution >= 0.6 is 15.9 Å².